The first-order chi connectivity index (χ1) is 8.36. The Morgan fingerprint density at radius 3 is 2.22 bits per heavy atom. The first kappa shape index (κ1) is 12.3. The third-order valence-electron chi connectivity index (χ3n) is 2.31. The average molecular weight is 256 g/mol. The van der Waals surface area contributed by atoms with Gasteiger partial charge in [-0.25, -0.2) is 4.39 Å². The number of halogens is 4. The van der Waals surface area contributed by atoms with Crippen LogP contribution in [-0.2, 0) is 6.18 Å². The first-order valence-electron chi connectivity index (χ1n) is 4.96. The number of nitrogens with zero attached hydrogens (tertiary/aromatic N) is 1. The van der Waals surface area contributed by atoms with E-state index < -0.39 is 17.7 Å². The van der Waals surface area contributed by atoms with Crippen molar-refractivity contribution in [3.05, 3.63) is 48.0 Å². The van der Waals surface area contributed by atoms with Gasteiger partial charge < -0.3 is 5.73 Å². The lowest BCUT2D eigenvalue weighted by Gasteiger charge is -2.07. The van der Waals surface area contributed by atoms with Gasteiger partial charge in [0.25, 0.3) is 0 Å². The van der Waals surface area contributed by atoms with E-state index in [1.54, 1.807) is 0 Å². The summed E-state index contributed by atoms with van der Waals surface area (Å²) in [5.41, 5.74) is 5.42. The highest BCUT2D eigenvalue weighted by Gasteiger charge is 2.32. The number of hydrogen-bond acceptors (Lipinski definition) is 2. The standard InChI is InChI=1S/C12H8F4N2/c13-9-3-8(4-10(17)5-9)7-1-2-11(18-6-7)12(14,15)16/h1-6H,17H2. The SMILES string of the molecule is Nc1cc(F)cc(-c2ccc(C(F)(F)F)nc2)c1. The maximum absolute atomic E-state index is 13.1. The second kappa shape index (κ2) is 4.29. The number of pyridine rings is 1. The van der Waals surface area contributed by atoms with E-state index in [4.69, 9.17) is 5.73 Å². The summed E-state index contributed by atoms with van der Waals surface area (Å²) < 4.78 is 50.0. The quantitative estimate of drug-likeness (QED) is 0.626. The Hall–Kier alpha value is -2.11. The molecule has 0 amide bonds. The number of benzene rings is 1. The molecule has 0 aliphatic heterocycles. The minimum atomic E-state index is -4.49. The molecule has 0 aliphatic rings. The molecule has 18 heavy (non-hydrogen) atoms. The van der Waals surface area contributed by atoms with E-state index in [0.717, 1.165) is 18.3 Å². The number of nitrogens with two attached hydrogens (primary N) is 1. The lowest BCUT2D eigenvalue weighted by Crippen LogP contribution is -2.07. The zero-order chi connectivity index (χ0) is 13.3. The average Bonchev–Trinajstić information content (AvgIpc) is 2.27. The lowest BCUT2D eigenvalue weighted by atomic mass is 10.1. The minimum Gasteiger partial charge on any atom is -0.399 e. The maximum Gasteiger partial charge on any atom is 0.433 e. The van der Waals surface area contributed by atoms with Crippen LogP contribution in [0, 0.1) is 5.82 Å². The largest absolute Gasteiger partial charge is 0.433 e. The molecule has 0 atom stereocenters. The zero-order valence-electron chi connectivity index (χ0n) is 9.00. The molecule has 0 radical (unpaired) electrons. The van der Waals surface area contributed by atoms with Crippen molar-refractivity contribution in [2.45, 2.75) is 6.18 Å². The third kappa shape index (κ3) is 2.58. The number of rotatable bonds is 1. The van der Waals surface area contributed by atoms with E-state index in [9.17, 15) is 17.6 Å². The van der Waals surface area contributed by atoms with E-state index in [0.29, 0.717) is 11.1 Å². The molecule has 94 valence electrons. The Bertz CT molecular complexity index is 541. The molecule has 1 aromatic heterocycles. The van der Waals surface area contributed by atoms with Crippen molar-refractivity contribution >= 4 is 5.69 Å². The van der Waals surface area contributed by atoms with Crippen LogP contribution in [0.5, 0.6) is 0 Å². The second-order valence-electron chi connectivity index (χ2n) is 3.70. The van der Waals surface area contributed by atoms with Gasteiger partial charge in [-0.05, 0) is 29.8 Å². The second-order valence-corrected chi connectivity index (χ2v) is 3.70. The topological polar surface area (TPSA) is 38.9 Å². The van der Waals surface area contributed by atoms with Crippen molar-refractivity contribution in [1.29, 1.82) is 0 Å². The summed E-state index contributed by atoms with van der Waals surface area (Å²) in [4.78, 5) is 3.30. The smallest absolute Gasteiger partial charge is 0.399 e. The summed E-state index contributed by atoms with van der Waals surface area (Å²) in [5.74, 6) is -0.551. The molecule has 2 N–H and O–H groups in total. The van der Waals surface area contributed by atoms with Crippen LogP contribution in [0.25, 0.3) is 11.1 Å². The van der Waals surface area contributed by atoms with Crippen LogP contribution in [-0.4, -0.2) is 4.98 Å². The van der Waals surface area contributed by atoms with Crippen LogP contribution in [0.1, 0.15) is 5.69 Å². The first-order valence-corrected chi connectivity index (χ1v) is 4.96. The third-order valence-corrected chi connectivity index (χ3v) is 2.31. The van der Waals surface area contributed by atoms with E-state index in [1.807, 2.05) is 0 Å². The van der Waals surface area contributed by atoms with Gasteiger partial charge in [-0.15, -0.1) is 0 Å². The maximum atomic E-state index is 13.1. The number of anilines is 1. The monoisotopic (exact) mass is 256 g/mol. The van der Waals surface area contributed by atoms with Crippen molar-refractivity contribution < 1.29 is 17.6 Å². The summed E-state index contributed by atoms with van der Waals surface area (Å²) in [6.45, 7) is 0. The van der Waals surface area contributed by atoms with Crippen LogP contribution >= 0.6 is 0 Å². The summed E-state index contributed by atoms with van der Waals surface area (Å²) in [7, 11) is 0. The molecule has 2 nitrogen and oxygen atoms in total. The van der Waals surface area contributed by atoms with E-state index >= 15 is 0 Å². The molecule has 0 unspecified atom stereocenters. The number of nitrogen functional groups attached to an aromatic ring is 1. The van der Waals surface area contributed by atoms with E-state index in [2.05, 4.69) is 4.98 Å². The summed E-state index contributed by atoms with van der Waals surface area (Å²) in [6.07, 6.45) is -3.45. The fraction of sp³-hybridized carbons (Fsp3) is 0.0833. The molecule has 1 aromatic carbocycles. The lowest BCUT2D eigenvalue weighted by molar-refractivity contribution is -0.141. The van der Waals surface area contributed by atoms with Gasteiger partial charge in [0.15, 0.2) is 0 Å². The van der Waals surface area contributed by atoms with Gasteiger partial charge in [-0.3, -0.25) is 4.98 Å². The molecule has 0 fully saturated rings. The van der Waals surface area contributed by atoms with Gasteiger partial charge in [0.1, 0.15) is 11.5 Å². The Labute approximate surface area is 100 Å². The van der Waals surface area contributed by atoms with E-state index in [1.165, 1.54) is 18.2 Å². The molecular weight excluding hydrogens is 248 g/mol. The minimum absolute atomic E-state index is 0.199. The molecule has 0 aliphatic carbocycles. The summed E-state index contributed by atoms with van der Waals surface area (Å²) >= 11 is 0. The summed E-state index contributed by atoms with van der Waals surface area (Å²) in [6, 6.07) is 5.84. The number of alkyl halides is 3. The molecule has 2 aromatic rings. The Morgan fingerprint density at radius 2 is 1.72 bits per heavy atom. The van der Waals surface area contributed by atoms with Gasteiger partial charge in [0.05, 0.1) is 0 Å². The molecule has 2 rings (SSSR count). The van der Waals surface area contributed by atoms with Crippen molar-refractivity contribution in [1.82, 2.24) is 4.98 Å². The van der Waals surface area contributed by atoms with Crippen LogP contribution in [0.2, 0.25) is 0 Å². The Balaban J connectivity index is 2.40. The fourth-order valence-electron chi connectivity index (χ4n) is 1.51. The van der Waals surface area contributed by atoms with Crippen molar-refractivity contribution in [2.75, 3.05) is 5.73 Å². The molecule has 1 heterocycles. The highest BCUT2D eigenvalue weighted by Crippen LogP contribution is 2.29. The molecule has 0 bridgehead atoms. The fourth-order valence-corrected chi connectivity index (χ4v) is 1.51. The number of aromatic nitrogens is 1. The van der Waals surface area contributed by atoms with Crippen molar-refractivity contribution in [3.8, 4) is 11.1 Å². The predicted octanol–water partition coefficient (Wildman–Crippen LogP) is 3.49. The number of hydrogen-bond donors (Lipinski definition) is 1. The predicted molar refractivity (Wildman–Crippen MR) is 59.0 cm³/mol. The van der Waals surface area contributed by atoms with Crippen LogP contribution in [0.3, 0.4) is 0 Å². The normalized spacial score (nSPS) is 11.6. The van der Waals surface area contributed by atoms with Crippen molar-refractivity contribution in [2.24, 2.45) is 0 Å². The van der Waals surface area contributed by atoms with Crippen LogP contribution < -0.4 is 5.73 Å². The summed E-state index contributed by atoms with van der Waals surface area (Å²) in [5, 5.41) is 0. The van der Waals surface area contributed by atoms with Crippen LogP contribution in [0.4, 0.5) is 23.2 Å². The van der Waals surface area contributed by atoms with Gasteiger partial charge in [-0.2, -0.15) is 13.2 Å². The molecular formula is C12H8F4N2. The van der Waals surface area contributed by atoms with Gasteiger partial charge >= 0.3 is 6.18 Å². The Kier molecular flexibility index (Phi) is 2.94. The highest BCUT2D eigenvalue weighted by atomic mass is 19.4. The van der Waals surface area contributed by atoms with Crippen molar-refractivity contribution in [3.63, 3.8) is 0 Å². The molecule has 0 saturated carbocycles. The molecule has 0 spiro atoms. The highest BCUT2D eigenvalue weighted by molar-refractivity contribution is 5.66. The van der Waals surface area contributed by atoms with E-state index in [-0.39, 0.29) is 5.69 Å². The van der Waals surface area contributed by atoms with Gasteiger partial charge in [0.2, 0.25) is 0 Å². The molecule has 0 saturated heterocycles. The molecule has 6 heteroatoms. The Morgan fingerprint density at radius 1 is 1.00 bits per heavy atom. The van der Waals surface area contributed by atoms with Gasteiger partial charge in [0, 0.05) is 17.4 Å². The van der Waals surface area contributed by atoms with Crippen LogP contribution in [0.15, 0.2) is 36.5 Å². The van der Waals surface area contributed by atoms with Gasteiger partial charge in [-0.1, -0.05) is 6.07 Å². The zero-order valence-corrected chi connectivity index (χ0v) is 9.00.